The molecule has 2 N–H and O–H groups in total. The molecular weight excluding hydrogens is 452 g/mol. The molecule has 1 aliphatic rings. The third kappa shape index (κ3) is 4.57. The second-order valence-corrected chi connectivity index (χ2v) is 8.65. The van der Waals surface area contributed by atoms with E-state index in [1.807, 2.05) is 30.3 Å². The normalized spacial score (nSPS) is 15.6. The lowest BCUT2D eigenvalue weighted by Gasteiger charge is -2.14. The second kappa shape index (κ2) is 9.06. The van der Waals surface area contributed by atoms with Crippen molar-refractivity contribution < 1.29 is 9.90 Å². The zero-order chi connectivity index (χ0) is 22.0. The van der Waals surface area contributed by atoms with Gasteiger partial charge in [-0.05, 0) is 72.0 Å². The van der Waals surface area contributed by atoms with Gasteiger partial charge < -0.3 is 10.4 Å². The number of phenols is 1. The van der Waals surface area contributed by atoms with Crippen molar-refractivity contribution in [1.82, 2.24) is 0 Å². The van der Waals surface area contributed by atoms with E-state index in [0.717, 1.165) is 45.4 Å². The van der Waals surface area contributed by atoms with Crippen LogP contribution in [0.5, 0.6) is 5.75 Å². The Balaban J connectivity index is 1.78. The zero-order valence-electron chi connectivity index (χ0n) is 17.7. The first-order chi connectivity index (χ1) is 15.0. The molecule has 0 fully saturated rings. The first-order valence-corrected chi connectivity index (χ1v) is 11.4. The molecule has 1 heterocycles. The van der Waals surface area contributed by atoms with Crippen LogP contribution in [0.3, 0.4) is 0 Å². The lowest BCUT2D eigenvalue weighted by molar-refractivity contribution is -0.117. The van der Waals surface area contributed by atoms with Crippen molar-refractivity contribution in [3.63, 3.8) is 0 Å². The fourth-order valence-electron chi connectivity index (χ4n) is 4.01. The van der Waals surface area contributed by atoms with Crippen molar-refractivity contribution in [2.75, 3.05) is 5.32 Å². The van der Waals surface area contributed by atoms with Crippen molar-refractivity contribution in [3.05, 3.63) is 93.0 Å². The van der Waals surface area contributed by atoms with Gasteiger partial charge in [0.15, 0.2) is 0 Å². The largest absolute Gasteiger partial charge is 0.508 e. The topological polar surface area (TPSA) is 61.7 Å². The maximum absolute atomic E-state index is 13.1. The molecule has 3 aromatic rings. The number of hydrogen-bond acceptors (Lipinski definition) is 3. The molecule has 0 aromatic heterocycles. The van der Waals surface area contributed by atoms with Gasteiger partial charge in [-0.2, -0.15) is 0 Å². The number of benzodiazepines with no additional fused rings is 1. The van der Waals surface area contributed by atoms with Gasteiger partial charge in [0, 0.05) is 22.0 Å². The summed E-state index contributed by atoms with van der Waals surface area (Å²) in [6.45, 7) is 4.32. The molecule has 0 saturated carbocycles. The number of anilines is 1. The molecule has 5 heteroatoms. The Morgan fingerprint density at radius 3 is 2.42 bits per heavy atom. The smallest absolute Gasteiger partial charge is 0.249 e. The average Bonchev–Trinajstić information content (AvgIpc) is 2.90. The van der Waals surface area contributed by atoms with Crippen molar-refractivity contribution >= 4 is 33.2 Å². The minimum absolute atomic E-state index is 0.116. The van der Waals surface area contributed by atoms with Crippen LogP contribution in [0.2, 0.25) is 0 Å². The van der Waals surface area contributed by atoms with E-state index < -0.39 is 6.04 Å². The van der Waals surface area contributed by atoms with Gasteiger partial charge >= 0.3 is 0 Å². The Labute approximate surface area is 191 Å². The third-order valence-corrected chi connectivity index (χ3v) is 6.18. The molecule has 158 valence electrons. The Kier molecular flexibility index (Phi) is 6.23. The van der Waals surface area contributed by atoms with Gasteiger partial charge in [-0.25, -0.2) is 0 Å². The Bertz CT molecular complexity index is 1150. The first-order valence-electron chi connectivity index (χ1n) is 10.6. The summed E-state index contributed by atoms with van der Waals surface area (Å²) < 4.78 is 0.910. The van der Waals surface area contributed by atoms with Crippen LogP contribution in [0, 0.1) is 0 Å². The number of amides is 1. The van der Waals surface area contributed by atoms with Gasteiger partial charge in [0.1, 0.15) is 11.8 Å². The lowest BCUT2D eigenvalue weighted by Crippen LogP contribution is -2.27. The van der Waals surface area contributed by atoms with Gasteiger partial charge in [-0.1, -0.05) is 48.0 Å². The van der Waals surface area contributed by atoms with Gasteiger partial charge in [-0.3, -0.25) is 9.79 Å². The monoisotopic (exact) mass is 476 g/mol. The summed E-state index contributed by atoms with van der Waals surface area (Å²) in [6, 6.07) is 18.6. The molecular formula is C26H25BrN2O2. The molecule has 4 rings (SSSR count). The number of hydrogen-bond donors (Lipinski definition) is 2. The van der Waals surface area contributed by atoms with Gasteiger partial charge in [0.25, 0.3) is 0 Å². The van der Waals surface area contributed by atoms with Crippen LogP contribution in [0.15, 0.2) is 70.1 Å². The number of phenolic OH excluding ortho intramolecular Hbond substituents is 1. The molecule has 1 unspecified atom stereocenters. The summed E-state index contributed by atoms with van der Waals surface area (Å²) in [5.74, 6) is 0.0799. The van der Waals surface area contributed by atoms with E-state index in [1.54, 1.807) is 12.1 Å². The standard InChI is InChI=1S/C26H25BrN2O2/c1-3-17-6-5-16(13-18(17)4-2)14-24-26(31)29-23-12-9-20(27)15-22(23)25(28-24)19-7-10-21(30)11-8-19/h5-13,15,24,30H,3-4,14H2,1-2H3,(H,29,31). The molecule has 1 amide bonds. The molecule has 1 aliphatic heterocycles. The molecule has 4 nitrogen and oxygen atoms in total. The number of rotatable bonds is 5. The Hall–Kier alpha value is -2.92. The quantitative estimate of drug-likeness (QED) is 0.497. The minimum Gasteiger partial charge on any atom is -0.508 e. The summed E-state index contributed by atoms with van der Waals surface area (Å²) in [6.07, 6.45) is 2.50. The predicted molar refractivity (Wildman–Crippen MR) is 129 cm³/mol. The molecule has 31 heavy (non-hydrogen) atoms. The molecule has 3 aromatic carbocycles. The molecule has 0 bridgehead atoms. The number of halogens is 1. The maximum Gasteiger partial charge on any atom is 0.249 e. The number of carbonyl (C=O) groups is 1. The fourth-order valence-corrected chi connectivity index (χ4v) is 4.37. The van der Waals surface area contributed by atoms with Crippen molar-refractivity contribution in [1.29, 1.82) is 0 Å². The van der Waals surface area contributed by atoms with Crippen molar-refractivity contribution in [3.8, 4) is 5.75 Å². The number of fused-ring (bicyclic) bond motifs is 1. The number of benzene rings is 3. The molecule has 0 aliphatic carbocycles. The minimum atomic E-state index is -0.549. The SMILES string of the molecule is CCc1ccc(CC2N=C(c3ccc(O)cc3)c3cc(Br)ccc3NC2=O)cc1CC. The molecule has 0 saturated heterocycles. The van der Waals surface area contributed by atoms with Crippen molar-refractivity contribution in [2.45, 2.75) is 39.2 Å². The number of nitrogens with one attached hydrogen (secondary N) is 1. The number of aryl methyl sites for hydroxylation is 2. The molecule has 1 atom stereocenters. The van der Waals surface area contributed by atoms with E-state index in [9.17, 15) is 9.90 Å². The zero-order valence-corrected chi connectivity index (χ0v) is 19.2. The first kappa shape index (κ1) is 21.3. The summed E-state index contributed by atoms with van der Waals surface area (Å²) >= 11 is 3.53. The van der Waals surface area contributed by atoms with E-state index in [1.165, 1.54) is 11.1 Å². The van der Waals surface area contributed by atoms with Crippen molar-refractivity contribution in [2.24, 2.45) is 4.99 Å². The summed E-state index contributed by atoms with van der Waals surface area (Å²) in [5, 5.41) is 12.8. The summed E-state index contributed by atoms with van der Waals surface area (Å²) in [5.41, 5.74) is 6.96. The Morgan fingerprint density at radius 1 is 0.968 bits per heavy atom. The third-order valence-electron chi connectivity index (χ3n) is 5.68. The van der Waals surface area contributed by atoms with Crippen LogP contribution >= 0.6 is 15.9 Å². The molecule has 0 radical (unpaired) electrons. The Morgan fingerprint density at radius 2 is 1.71 bits per heavy atom. The number of aliphatic imine (C=N–C) groups is 1. The molecule has 0 spiro atoms. The number of carbonyl (C=O) groups excluding carboxylic acids is 1. The second-order valence-electron chi connectivity index (χ2n) is 7.73. The van der Waals surface area contributed by atoms with E-state index >= 15 is 0 Å². The fraction of sp³-hybridized carbons (Fsp3) is 0.231. The predicted octanol–water partition coefficient (Wildman–Crippen LogP) is 5.68. The van der Waals surface area contributed by atoms with Crippen LogP contribution in [-0.4, -0.2) is 22.8 Å². The summed E-state index contributed by atoms with van der Waals surface area (Å²) in [7, 11) is 0. The van der Waals surface area contributed by atoms with E-state index in [-0.39, 0.29) is 11.7 Å². The van der Waals surface area contributed by atoms with Crippen LogP contribution in [-0.2, 0) is 24.1 Å². The highest BCUT2D eigenvalue weighted by atomic mass is 79.9. The lowest BCUT2D eigenvalue weighted by atomic mass is 9.96. The average molecular weight is 477 g/mol. The number of aromatic hydroxyl groups is 1. The van der Waals surface area contributed by atoms with E-state index in [0.29, 0.717) is 6.42 Å². The summed E-state index contributed by atoms with van der Waals surface area (Å²) in [4.78, 5) is 18.0. The van der Waals surface area contributed by atoms with E-state index in [2.05, 4.69) is 53.3 Å². The maximum atomic E-state index is 13.1. The highest BCUT2D eigenvalue weighted by Gasteiger charge is 2.26. The van der Waals surface area contributed by atoms with Crippen LogP contribution in [0.1, 0.15) is 41.7 Å². The van der Waals surface area contributed by atoms with Crippen LogP contribution in [0.25, 0.3) is 0 Å². The van der Waals surface area contributed by atoms with Gasteiger partial charge in [-0.15, -0.1) is 0 Å². The van der Waals surface area contributed by atoms with Crippen LogP contribution in [0.4, 0.5) is 5.69 Å². The van der Waals surface area contributed by atoms with Crippen LogP contribution < -0.4 is 5.32 Å². The van der Waals surface area contributed by atoms with Gasteiger partial charge in [0.2, 0.25) is 5.91 Å². The highest BCUT2D eigenvalue weighted by molar-refractivity contribution is 9.10. The van der Waals surface area contributed by atoms with Gasteiger partial charge in [0.05, 0.1) is 11.4 Å². The number of nitrogens with zero attached hydrogens (tertiary/aromatic N) is 1. The highest BCUT2D eigenvalue weighted by Crippen LogP contribution is 2.29. The van der Waals surface area contributed by atoms with E-state index in [4.69, 9.17) is 4.99 Å².